The number of nitrogens with one attached hydrogen (secondary N) is 1. The van der Waals surface area contributed by atoms with Gasteiger partial charge in [0.2, 0.25) is 5.91 Å². The van der Waals surface area contributed by atoms with Crippen molar-refractivity contribution < 1.29 is 18.7 Å². The molecule has 0 aromatic heterocycles. The number of ether oxygens (including phenoxy) is 1. The van der Waals surface area contributed by atoms with E-state index in [9.17, 15) is 14.0 Å². The first-order valence-electron chi connectivity index (χ1n) is 6.65. The van der Waals surface area contributed by atoms with Gasteiger partial charge in [0, 0.05) is 4.90 Å². The van der Waals surface area contributed by atoms with Crippen LogP contribution in [0, 0.1) is 5.82 Å². The molecule has 0 saturated carbocycles. The minimum atomic E-state index is -0.642. The van der Waals surface area contributed by atoms with Gasteiger partial charge in [-0.05, 0) is 24.3 Å². The van der Waals surface area contributed by atoms with E-state index in [1.165, 1.54) is 30.0 Å². The zero-order valence-corrected chi connectivity index (χ0v) is 12.2. The van der Waals surface area contributed by atoms with Crippen molar-refractivity contribution in [1.29, 1.82) is 0 Å². The van der Waals surface area contributed by atoms with Crippen molar-refractivity contribution in [2.75, 3.05) is 5.32 Å². The summed E-state index contributed by atoms with van der Waals surface area (Å²) in [5, 5.41) is 2.16. The van der Waals surface area contributed by atoms with Gasteiger partial charge < -0.3 is 10.1 Å². The number of anilines is 1. The smallest absolute Gasteiger partial charge is 0.312 e. The van der Waals surface area contributed by atoms with Crippen LogP contribution in [-0.2, 0) is 9.59 Å². The van der Waals surface area contributed by atoms with Gasteiger partial charge >= 0.3 is 5.97 Å². The summed E-state index contributed by atoms with van der Waals surface area (Å²) >= 11 is 1.30. The fraction of sp³-hybridized carbons (Fsp3) is 0.125. The lowest BCUT2D eigenvalue weighted by atomic mass is 10.2. The molecule has 22 heavy (non-hydrogen) atoms. The Balaban J connectivity index is 1.67. The quantitative estimate of drug-likeness (QED) is 0.697. The molecule has 2 aromatic rings. The summed E-state index contributed by atoms with van der Waals surface area (Å²) in [6.07, 6.45) is -0.126. The van der Waals surface area contributed by atoms with Crippen LogP contribution in [0.3, 0.4) is 0 Å². The van der Waals surface area contributed by atoms with Gasteiger partial charge in [-0.25, -0.2) is 4.39 Å². The number of fused-ring (bicyclic) bond motifs is 1. The highest BCUT2D eigenvalue weighted by atomic mass is 32.2. The Morgan fingerprint density at radius 2 is 1.91 bits per heavy atom. The molecule has 1 amide bonds. The first kappa shape index (κ1) is 14.6. The van der Waals surface area contributed by atoms with E-state index in [2.05, 4.69) is 5.32 Å². The fourth-order valence-corrected chi connectivity index (χ4v) is 3.17. The fourth-order valence-electron chi connectivity index (χ4n) is 2.07. The SMILES string of the molecule is O=C(CC1Sc2ccccc2NC1=O)Oc1ccccc1F. The summed E-state index contributed by atoms with van der Waals surface area (Å²) < 4.78 is 18.4. The second-order valence-electron chi connectivity index (χ2n) is 4.70. The molecule has 1 atom stereocenters. The molecule has 1 aliphatic heterocycles. The van der Waals surface area contributed by atoms with Crippen LogP contribution in [0.2, 0.25) is 0 Å². The summed E-state index contributed by atoms with van der Waals surface area (Å²) in [5.41, 5.74) is 0.733. The maximum Gasteiger partial charge on any atom is 0.312 e. The maximum absolute atomic E-state index is 13.4. The third-order valence-electron chi connectivity index (χ3n) is 3.12. The Bertz CT molecular complexity index is 735. The molecule has 3 rings (SSSR count). The van der Waals surface area contributed by atoms with E-state index in [1.807, 2.05) is 18.2 Å². The Labute approximate surface area is 130 Å². The van der Waals surface area contributed by atoms with E-state index in [0.717, 1.165) is 10.6 Å². The van der Waals surface area contributed by atoms with Crippen LogP contribution in [0.5, 0.6) is 5.75 Å². The molecule has 0 aliphatic carbocycles. The van der Waals surface area contributed by atoms with E-state index >= 15 is 0 Å². The minimum absolute atomic E-state index is 0.126. The first-order chi connectivity index (χ1) is 10.6. The van der Waals surface area contributed by atoms with Gasteiger partial charge in [-0.15, -0.1) is 11.8 Å². The summed E-state index contributed by atoms with van der Waals surface area (Å²) in [7, 11) is 0. The predicted molar refractivity (Wildman–Crippen MR) is 81.4 cm³/mol. The number of esters is 1. The number of carbonyl (C=O) groups excluding carboxylic acids is 2. The standard InChI is InChI=1S/C16H12FNO3S/c17-10-5-1-3-7-12(10)21-15(19)9-14-16(20)18-11-6-2-4-8-13(11)22-14/h1-8,14H,9H2,(H,18,20). The molecule has 0 fully saturated rings. The number of para-hydroxylation sites is 2. The van der Waals surface area contributed by atoms with E-state index in [4.69, 9.17) is 4.74 Å². The summed E-state index contributed by atoms with van der Waals surface area (Å²) in [5.74, 6) is -1.64. The van der Waals surface area contributed by atoms with Crippen LogP contribution >= 0.6 is 11.8 Å². The summed E-state index contributed by atoms with van der Waals surface area (Å²) in [6.45, 7) is 0. The molecule has 0 radical (unpaired) electrons. The maximum atomic E-state index is 13.4. The van der Waals surface area contributed by atoms with Crippen LogP contribution in [0.4, 0.5) is 10.1 Å². The molecule has 0 bridgehead atoms. The van der Waals surface area contributed by atoms with Crippen molar-refractivity contribution in [2.45, 2.75) is 16.6 Å². The second-order valence-corrected chi connectivity index (χ2v) is 5.95. The number of carbonyl (C=O) groups is 2. The molecule has 112 valence electrons. The number of rotatable bonds is 3. The predicted octanol–water partition coefficient (Wildman–Crippen LogP) is 3.23. The van der Waals surface area contributed by atoms with E-state index in [1.54, 1.807) is 12.1 Å². The minimum Gasteiger partial charge on any atom is -0.423 e. The molecule has 1 N–H and O–H groups in total. The summed E-state index contributed by atoms with van der Waals surface area (Å²) in [4.78, 5) is 24.8. The Hall–Kier alpha value is -2.34. The first-order valence-corrected chi connectivity index (χ1v) is 7.53. The largest absolute Gasteiger partial charge is 0.423 e. The lowest BCUT2D eigenvalue weighted by Gasteiger charge is -2.23. The van der Waals surface area contributed by atoms with Crippen LogP contribution in [0.25, 0.3) is 0 Å². The second kappa shape index (κ2) is 6.19. The van der Waals surface area contributed by atoms with E-state index in [0.29, 0.717) is 0 Å². The average Bonchev–Trinajstić information content (AvgIpc) is 2.50. The highest BCUT2D eigenvalue weighted by Gasteiger charge is 2.29. The van der Waals surface area contributed by atoms with Gasteiger partial charge in [0.1, 0.15) is 0 Å². The molecular weight excluding hydrogens is 305 g/mol. The molecule has 0 saturated heterocycles. The number of hydrogen-bond donors (Lipinski definition) is 1. The van der Waals surface area contributed by atoms with Gasteiger partial charge in [0.15, 0.2) is 11.6 Å². The van der Waals surface area contributed by atoms with Crippen molar-refractivity contribution in [3.8, 4) is 5.75 Å². The normalized spacial score (nSPS) is 16.6. The average molecular weight is 317 g/mol. The van der Waals surface area contributed by atoms with Gasteiger partial charge in [-0.2, -0.15) is 0 Å². The number of benzene rings is 2. The van der Waals surface area contributed by atoms with Crippen molar-refractivity contribution in [3.05, 3.63) is 54.3 Å². The van der Waals surface area contributed by atoms with Crippen molar-refractivity contribution in [1.82, 2.24) is 0 Å². The van der Waals surface area contributed by atoms with E-state index in [-0.39, 0.29) is 18.1 Å². The lowest BCUT2D eigenvalue weighted by Crippen LogP contribution is -2.32. The molecule has 1 aliphatic rings. The Kier molecular flexibility index (Phi) is 4.11. The Morgan fingerprint density at radius 1 is 1.18 bits per heavy atom. The number of halogens is 1. The van der Waals surface area contributed by atoms with Crippen LogP contribution < -0.4 is 10.1 Å². The zero-order chi connectivity index (χ0) is 15.5. The highest BCUT2D eigenvalue weighted by molar-refractivity contribution is 8.01. The topological polar surface area (TPSA) is 55.4 Å². The zero-order valence-electron chi connectivity index (χ0n) is 11.4. The third-order valence-corrected chi connectivity index (χ3v) is 4.39. The molecule has 4 nitrogen and oxygen atoms in total. The molecular formula is C16H12FNO3S. The molecule has 0 spiro atoms. The lowest BCUT2D eigenvalue weighted by molar-refractivity contribution is -0.135. The van der Waals surface area contributed by atoms with Crippen LogP contribution in [-0.4, -0.2) is 17.1 Å². The Morgan fingerprint density at radius 3 is 2.73 bits per heavy atom. The molecule has 1 unspecified atom stereocenters. The van der Waals surface area contributed by atoms with Gasteiger partial charge in [0.05, 0.1) is 17.4 Å². The third kappa shape index (κ3) is 3.12. The van der Waals surface area contributed by atoms with Gasteiger partial charge in [0.25, 0.3) is 0 Å². The molecule has 1 heterocycles. The molecule has 6 heteroatoms. The van der Waals surface area contributed by atoms with E-state index < -0.39 is 17.0 Å². The summed E-state index contributed by atoms with van der Waals surface area (Å²) in [6, 6.07) is 13.0. The highest BCUT2D eigenvalue weighted by Crippen LogP contribution is 2.36. The number of hydrogen-bond acceptors (Lipinski definition) is 4. The number of amides is 1. The van der Waals surface area contributed by atoms with Crippen LogP contribution in [0.15, 0.2) is 53.4 Å². The monoisotopic (exact) mass is 317 g/mol. The van der Waals surface area contributed by atoms with Gasteiger partial charge in [-0.3, -0.25) is 9.59 Å². The number of thioether (sulfide) groups is 1. The van der Waals surface area contributed by atoms with Crippen molar-refractivity contribution in [3.63, 3.8) is 0 Å². The molecule has 2 aromatic carbocycles. The van der Waals surface area contributed by atoms with Crippen molar-refractivity contribution >= 4 is 29.3 Å². The van der Waals surface area contributed by atoms with Crippen molar-refractivity contribution in [2.24, 2.45) is 0 Å². The van der Waals surface area contributed by atoms with Crippen LogP contribution in [0.1, 0.15) is 6.42 Å². The van der Waals surface area contributed by atoms with Gasteiger partial charge in [-0.1, -0.05) is 24.3 Å².